The van der Waals surface area contributed by atoms with Crippen molar-refractivity contribution in [1.82, 2.24) is 0 Å². The lowest BCUT2D eigenvalue weighted by Gasteiger charge is -2.10. The van der Waals surface area contributed by atoms with Crippen LogP contribution in [0.2, 0.25) is 0 Å². The van der Waals surface area contributed by atoms with Crippen LogP contribution in [0.5, 0.6) is 0 Å². The van der Waals surface area contributed by atoms with Crippen molar-refractivity contribution in [3.05, 3.63) is 25.3 Å². The van der Waals surface area contributed by atoms with Gasteiger partial charge in [-0.3, -0.25) is 4.79 Å². The molecule has 11 heavy (non-hydrogen) atoms. The molecular formula is C9H14O2. The van der Waals surface area contributed by atoms with E-state index in [-0.39, 0.29) is 18.0 Å². The first-order chi connectivity index (χ1) is 5.11. The fourth-order valence-corrected chi connectivity index (χ4v) is 0.463. The summed E-state index contributed by atoms with van der Waals surface area (Å²) in [5.74, 6) is -0.327. The van der Waals surface area contributed by atoms with Gasteiger partial charge < -0.3 is 4.74 Å². The van der Waals surface area contributed by atoms with E-state index in [1.807, 2.05) is 0 Å². The van der Waals surface area contributed by atoms with Crippen LogP contribution in [0.25, 0.3) is 0 Å². The van der Waals surface area contributed by atoms with Crippen LogP contribution in [-0.2, 0) is 9.53 Å². The summed E-state index contributed by atoms with van der Waals surface area (Å²) in [5.41, 5.74) is 0. The van der Waals surface area contributed by atoms with Crippen molar-refractivity contribution in [1.29, 1.82) is 0 Å². The molecule has 0 aliphatic heterocycles. The van der Waals surface area contributed by atoms with Gasteiger partial charge in [0.25, 0.3) is 0 Å². The molecule has 0 aliphatic carbocycles. The van der Waals surface area contributed by atoms with Crippen LogP contribution in [-0.4, -0.2) is 12.1 Å². The second kappa shape index (κ2) is 4.72. The van der Waals surface area contributed by atoms with E-state index >= 15 is 0 Å². The number of hydrogen-bond donors (Lipinski definition) is 0. The maximum atomic E-state index is 11.0. The lowest BCUT2D eigenvalue weighted by molar-refractivity contribution is -0.148. The van der Waals surface area contributed by atoms with Crippen LogP contribution in [0.15, 0.2) is 25.3 Å². The molecule has 0 aliphatic rings. The molecule has 0 atom stereocenters. The predicted molar refractivity (Wildman–Crippen MR) is 45.1 cm³/mol. The SMILES string of the molecule is C=CC(C=C)OC(=O)C(C)C. The van der Waals surface area contributed by atoms with Crippen molar-refractivity contribution in [2.24, 2.45) is 5.92 Å². The van der Waals surface area contributed by atoms with E-state index in [1.165, 1.54) is 12.2 Å². The maximum absolute atomic E-state index is 11.0. The van der Waals surface area contributed by atoms with Gasteiger partial charge in [0.15, 0.2) is 0 Å². The van der Waals surface area contributed by atoms with Crippen molar-refractivity contribution >= 4 is 5.97 Å². The Morgan fingerprint density at radius 2 is 1.82 bits per heavy atom. The third-order valence-electron chi connectivity index (χ3n) is 1.19. The molecule has 0 saturated heterocycles. The van der Waals surface area contributed by atoms with Crippen molar-refractivity contribution in [3.8, 4) is 0 Å². The number of ether oxygens (including phenoxy) is 1. The normalized spacial score (nSPS) is 9.82. The molecule has 0 heterocycles. The van der Waals surface area contributed by atoms with Gasteiger partial charge >= 0.3 is 5.97 Å². The van der Waals surface area contributed by atoms with E-state index < -0.39 is 0 Å². The summed E-state index contributed by atoms with van der Waals surface area (Å²) in [4.78, 5) is 11.0. The minimum atomic E-state index is -0.357. The van der Waals surface area contributed by atoms with Crippen LogP contribution in [0, 0.1) is 5.92 Å². The average molecular weight is 154 g/mol. The van der Waals surface area contributed by atoms with E-state index in [2.05, 4.69) is 13.2 Å². The predicted octanol–water partition coefficient (Wildman–Crippen LogP) is 1.93. The molecule has 0 fully saturated rings. The first kappa shape index (κ1) is 9.95. The number of carbonyl (C=O) groups excluding carboxylic acids is 1. The Morgan fingerprint density at radius 1 is 1.36 bits per heavy atom. The smallest absolute Gasteiger partial charge is 0.309 e. The minimum absolute atomic E-state index is 0.0996. The van der Waals surface area contributed by atoms with Gasteiger partial charge in [-0.25, -0.2) is 0 Å². The van der Waals surface area contributed by atoms with Crippen molar-refractivity contribution in [2.75, 3.05) is 0 Å². The summed E-state index contributed by atoms with van der Waals surface area (Å²) in [7, 11) is 0. The van der Waals surface area contributed by atoms with Crippen LogP contribution in [0.3, 0.4) is 0 Å². The maximum Gasteiger partial charge on any atom is 0.309 e. The largest absolute Gasteiger partial charge is 0.454 e. The zero-order chi connectivity index (χ0) is 8.85. The summed E-state index contributed by atoms with van der Waals surface area (Å²) < 4.78 is 4.94. The van der Waals surface area contributed by atoms with E-state index in [9.17, 15) is 4.79 Å². The molecular weight excluding hydrogens is 140 g/mol. The van der Waals surface area contributed by atoms with Crippen molar-refractivity contribution < 1.29 is 9.53 Å². The Balaban J connectivity index is 3.91. The highest BCUT2D eigenvalue weighted by molar-refractivity contribution is 5.72. The van der Waals surface area contributed by atoms with Gasteiger partial charge in [0.05, 0.1) is 5.92 Å². The van der Waals surface area contributed by atoms with Gasteiger partial charge in [-0.2, -0.15) is 0 Å². The van der Waals surface area contributed by atoms with Crippen LogP contribution < -0.4 is 0 Å². The number of rotatable bonds is 4. The van der Waals surface area contributed by atoms with Crippen LogP contribution in [0.1, 0.15) is 13.8 Å². The molecule has 62 valence electrons. The van der Waals surface area contributed by atoms with Crippen LogP contribution >= 0.6 is 0 Å². The van der Waals surface area contributed by atoms with E-state index in [4.69, 9.17) is 4.74 Å². The highest BCUT2D eigenvalue weighted by Crippen LogP contribution is 2.01. The first-order valence-corrected chi connectivity index (χ1v) is 3.57. The number of hydrogen-bond acceptors (Lipinski definition) is 2. The number of carbonyl (C=O) groups is 1. The topological polar surface area (TPSA) is 26.3 Å². The summed E-state index contributed by atoms with van der Waals surface area (Å²) in [6, 6.07) is 0. The molecule has 2 heteroatoms. The van der Waals surface area contributed by atoms with Gasteiger partial charge in [0.1, 0.15) is 6.10 Å². The van der Waals surface area contributed by atoms with Gasteiger partial charge in [0.2, 0.25) is 0 Å². The standard InChI is InChI=1S/C9H14O2/c1-5-8(6-2)11-9(10)7(3)4/h5-8H,1-2H2,3-4H3. The minimum Gasteiger partial charge on any atom is -0.454 e. The highest BCUT2D eigenvalue weighted by Gasteiger charge is 2.10. The Hall–Kier alpha value is -1.05. The van der Waals surface area contributed by atoms with E-state index in [0.29, 0.717) is 0 Å². The molecule has 0 radical (unpaired) electrons. The average Bonchev–Trinajstić information content (AvgIpc) is 1.99. The lowest BCUT2D eigenvalue weighted by atomic mass is 10.2. The Bertz CT molecular complexity index is 151. The summed E-state index contributed by atoms with van der Waals surface area (Å²) in [5, 5.41) is 0. The van der Waals surface area contributed by atoms with Gasteiger partial charge in [0, 0.05) is 0 Å². The Morgan fingerprint density at radius 3 is 2.09 bits per heavy atom. The lowest BCUT2D eigenvalue weighted by Crippen LogP contribution is -2.17. The summed E-state index contributed by atoms with van der Waals surface area (Å²) in [6.07, 6.45) is 2.71. The second-order valence-electron chi connectivity index (χ2n) is 2.53. The molecule has 0 saturated carbocycles. The molecule has 0 aromatic heterocycles. The highest BCUT2D eigenvalue weighted by atomic mass is 16.5. The molecule has 0 rings (SSSR count). The van der Waals surface area contributed by atoms with E-state index in [0.717, 1.165) is 0 Å². The molecule has 2 nitrogen and oxygen atoms in total. The third kappa shape index (κ3) is 3.61. The molecule has 0 spiro atoms. The summed E-state index contributed by atoms with van der Waals surface area (Å²) in [6.45, 7) is 10.6. The van der Waals surface area contributed by atoms with Crippen molar-refractivity contribution in [3.63, 3.8) is 0 Å². The molecule has 0 bridgehead atoms. The quantitative estimate of drug-likeness (QED) is 0.457. The summed E-state index contributed by atoms with van der Waals surface area (Å²) >= 11 is 0. The second-order valence-corrected chi connectivity index (χ2v) is 2.53. The van der Waals surface area contributed by atoms with Crippen molar-refractivity contribution in [2.45, 2.75) is 20.0 Å². The Kier molecular flexibility index (Phi) is 4.27. The van der Waals surface area contributed by atoms with Crippen LogP contribution in [0.4, 0.5) is 0 Å². The van der Waals surface area contributed by atoms with Gasteiger partial charge in [-0.05, 0) is 12.2 Å². The molecule has 0 unspecified atom stereocenters. The fourth-order valence-electron chi connectivity index (χ4n) is 0.463. The molecule has 0 N–H and O–H groups in total. The first-order valence-electron chi connectivity index (χ1n) is 3.57. The van der Waals surface area contributed by atoms with Gasteiger partial charge in [-0.1, -0.05) is 27.0 Å². The zero-order valence-electron chi connectivity index (χ0n) is 7.04. The monoisotopic (exact) mass is 154 g/mol. The molecule has 0 aromatic rings. The molecule has 0 amide bonds. The zero-order valence-corrected chi connectivity index (χ0v) is 7.04. The Labute approximate surface area is 67.6 Å². The molecule has 0 aromatic carbocycles. The number of esters is 1. The third-order valence-corrected chi connectivity index (χ3v) is 1.19. The van der Waals surface area contributed by atoms with Gasteiger partial charge in [-0.15, -0.1) is 0 Å². The fraction of sp³-hybridized carbons (Fsp3) is 0.444. The van der Waals surface area contributed by atoms with E-state index in [1.54, 1.807) is 13.8 Å².